The summed E-state index contributed by atoms with van der Waals surface area (Å²) in [7, 11) is 0. The van der Waals surface area contributed by atoms with Gasteiger partial charge in [-0.2, -0.15) is 0 Å². The van der Waals surface area contributed by atoms with E-state index in [1.54, 1.807) is 18.2 Å². The van der Waals surface area contributed by atoms with Crippen LogP contribution in [0.1, 0.15) is 17.5 Å². The second-order valence-electron chi connectivity index (χ2n) is 6.03. The van der Waals surface area contributed by atoms with E-state index < -0.39 is 24.5 Å². The SMILES string of the molecule is Cc1ccc(NC(=O)NC(=O)COC(=O)CCSc2ccc(Cl)cc2)c(C)c1. The number of thioether (sulfide) groups is 1. The summed E-state index contributed by atoms with van der Waals surface area (Å²) in [6.45, 7) is 3.29. The van der Waals surface area contributed by atoms with Gasteiger partial charge in [0.05, 0.1) is 6.42 Å². The molecule has 0 aromatic heterocycles. The number of urea groups is 1. The Morgan fingerprint density at radius 3 is 2.46 bits per heavy atom. The zero-order chi connectivity index (χ0) is 20.5. The van der Waals surface area contributed by atoms with Crippen molar-refractivity contribution in [3.05, 3.63) is 58.6 Å². The summed E-state index contributed by atoms with van der Waals surface area (Å²) in [6, 6.07) is 12.1. The summed E-state index contributed by atoms with van der Waals surface area (Å²) in [5, 5.41) is 5.37. The van der Waals surface area contributed by atoms with Crippen LogP contribution in [-0.2, 0) is 14.3 Å². The van der Waals surface area contributed by atoms with Gasteiger partial charge >= 0.3 is 12.0 Å². The molecule has 0 bridgehead atoms. The highest BCUT2D eigenvalue weighted by Crippen LogP contribution is 2.21. The molecule has 2 rings (SSSR count). The molecule has 0 aliphatic carbocycles. The smallest absolute Gasteiger partial charge is 0.325 e. The van der Waals surface area contributed by atoms with Crippen LogP contribution in [0.15, 0.2) is 47.4 Å². The minimum absolute atomic E-state index is 0.148. The number of imide groups is 1. The number of ether oxygens (including phenoxy) is 1. The fourth-order valence-corrected chi connectivity index (χ4v) is 3.23. The van der Waals surface area contributed by atoms with Gasteiger partial charge in [0.1, 0.15) is 0 Å². The second kappa shape index (κ2) is 10.7. The number of carbonyl (C=O) groups is 3. The molecule has 3 amide bonds. The van der Waals surface area contributed by atoms with E-state index in [9.17, 15) is 14.4 Å². The molecule has 0 heterocycles. The van der Waals surface area contributed by atoms with Gasteiger partial charge in [-0.15, -0.1) is 11.8 Å². The minimum Gasteiger partial charge on any atom is -0.456 e. The number of halogens is 1. The topological polar surface area (TPSA) is 84.5 Å². The summed E-state index contributed by atoms with van der Waals surface area (Å²) < 4.78 is 4.89. The molecule has 28 heavy (non-hydrogen) atoms. The lowest BCUT2D eigenvalue weighted by atomic mass is 10.1. The Balaban J connectivity index is 1.66. The van der Waals surface area contributed by atoms with Crippen molar-refractivity contribution in [3.63, 3.8) is 0 Å². The van der Waals surface area contributed by atoms with Crippen molar-refractivity contribution >= 4 is 47.0 Å². The first-order valence-corrected chi connectivity index (χ1v) is 9.92. The number of amides is 3. The van der Waals surface area contributed by atoms with Crippen molar-refractivity contribution in [3.8, 4) is 0 Å². The highest BCUT2D eigenvalue weighted by atomic mass is 35.5. The predicted molar refractivity (Wildman–Crippen MR) is 111 cm³/mol. The molecule has 0 saturated heterocycles. The first-order chi connectivity index (χ1) is 13.3. The van der Waals surface area contributed by atoms with Gasteiger partial charge in [0, 0.05) is 21.4 Å². The van der Waals surface area contributed by atoms with Crippen molar-refractivity contribution in [1.82, 2.24) is 5.32 Å². The zero-order valence-corrected chi connectivity index (χ0v) is 17.2. The number of benzene rings is 2. The van der Waals surface area contributed by atoms with E-state index in [4.69, 9.17) is 16.3 Å². The number of hydrogen-bond acceptors (Lipinski definition) is 5. The zero-order valence-electron chi connectivity index (χ0n) is 15.6. The first kappa shape index (κ1) is 21.8. The van der Waals surface area contributed by atoms with Crippen LogP contribution in [0.25, 0.3) is 0 Å². The summed E-state index contributed by atoms with van der Waals surface area (Å²) in [6.07, 6.45) is 0.148. The molecule has 6 nitrogen and oxygen atoms in total. The molecule has 0 aliphatic rings. The molecule has 0 aliphatic heterocycles. The molecule has 2 aromatic rings. The van der Waals surface area contributed by atoms with Crippen molar-refractivity contribution in [2.45, 2.75) is 25.2 Å². The quantitative estimate of drug-likeness (QED) is 0.514. The van der Waals surface area contributed by atoms with Crippen LogP contribution in [0.2, 0.25) is 5.02 Å². The van der Waals surface area contributed by atoms with Gasteiger partial charge in [0.2, 0.25) is 0 Å². The summed E-state index contributed by atoms with van der Waals surface area (Å²) in [4.78, 5) is 36.3. The molecule has 0 radical (unpaired) electrons. The predicted octanol–water partition coefficient (Wildman–Crippen LogP) is 4.33. The number of esters is 1. The van der Waals surface area contributed by atoms with Gasteiger partial charge in [-0.3, -0.25) is 14.9 Å². The van der Waals surface area contributed by atoms with Gasteiger partial charge in [-0.25, -0.2) is 4.79 Å². The Kier molecular flexibility index (Phi) is 8.35. The van der Waals surface area contributed by atoms with E-state index in [0.717, 1.165) is 16.0 Å². The number of anilines is 1. The van der Waals surface area contributed by atoms with Crippen LogP contribution in [0.5, 0.6) is 0 Å². The maximum Gasteiger partial charge on any atom is 0.325 e. The highest BCUT2D eigenvalue weighted by Gasteiger charge is 2.12. The van der Waals surface area contributed by atoms with Crippen molar-refractivity contribution in [2.75, 3.05) is 17.7 Å². The number of nitrogens with one attached hydrogen (secondary N) is 2. The van der Waals surface area contributed by atoms with E-state index in [2.05, 4.69) is 10.6 Å². The van der Waals surface area contributed by atoms with Crippen LogP contribution in [-0.4, -0.2) is 30.3 Å². The molecule has 148 valence electrons. The normalized spacial score (nSPS) is 10.2. The maximum absolute atomic E-state index is 11.9. The maximum atomic E-state index is 11.9. The number of rotatable bonds is 7. The molecular weight excluding hydrogens is 400 g/mol. The Hall–Kier alpha value is -2.51. The van der Waals surface area contributed by atoms with Crippen LogP contribution >= 0.6 is 23.4 Å². The number of carbonyl (C=O) groups excluding carboxylic acids is 3. The van der Waals surface area contributed by atoms with Crippen LogP contribution in [0, 0.1) is 13.8 Å². The number of aryl methyl sites for hydroxylation is 2. The molecule has 2 N–H and O–H groups in total. The standard InChI is InChI=1S/C20H21ClN2O4S/c1-13-3-8-17(14(2)11-13)22-20(26)23-18(24)12-27-19(25)9-10-28-16-6-4-15(21)5-7-16/h3-8,11H,9-10,12H2,1-2H3,(H2,22,23,24,26). The fraction of sp³-hybridized carbons (Fsp3) is 0.250. The van der Waals surface area contributed by atoms with E-state index in [1.807, 2.05) is 38.1 Å². The average molecular weight is 421 g/mol. The Morgan fingerprint density at radius 1 is 1.07 bits per heavy atom. The Labute approximate surface area is 173 Å². The second-order valence-corrected chi connectivity index (χ2v) is 7.64. The average Bonchev–Trinajstić information content (AvgIpc) is 2.64. The third-order valence-electron chi connectivity index (χ3n) is 3.64. The summed E-state index contributed by atoms with van der Waals surface area (Å²) >= 11 is 7.29. The molecule has 0 atom stereocenters. The van der Waals surface area contributed by atoms with Gasteiger partial charge < -0.3 is 10.1 Å². The van der Waals surface area contributed by atoms with E-state index >= 15 is 0 Å². The molecule has 8 heteroatoms. The molecule has 0 spiro atoms. The minimum atomic E-state index is -0.694. The lowest BCUT2D eigenvalue weighted by Gasteiger charge is -2.10. The van der Waals surface area contributed by atoms with Crippen LogP contribution in [0.4, 0.5) is 10.5 Å². The number of hydrogen-bond donors (Lipinski definition) is 2. The van der Waals surface area contributed by atoms with Crippen LogP contribution < -0.4 is 10.6 Å². The van der Waals surface area contributed by atoms with Gasteiger partial charge in [-0.1, -0.05) is 29.3 Å². The van der Waals surface area contributed by atoms with E-state index in [0.29, 0.717) is 16.5 Å². The summed E-state index contributed by atoms with van der Waals surface area (Å²) in [5.74, 6) is -0.692. The van der Waals surface area contributed by atoms with Crippen molar-refractivity contribution in [1.29, 1.82) is 0 Å². The van der Waals surface area contributed by atoms with Crippen molar-refractivity contribution < 1.29 is 19.1 Å². The molecular formula is C20H21ClN2O4S. The van der Waals surface area contributed by atoms with E-state index in [-0.39, 0.29) is 6.42 Å². The molecule has 0 saturated carbocycles. The Morgan fingerprint density at radius 2 is 1.79 bits per heavy atom. The van der Waals surface area contributed by atoms with Crippen molar-refractivity contribution in [2.24, 2.45) is 0 Å². The third-order valence-corrected chi connectivity index (χ3v) is 4.90. The fourth-order valence-electron chi connectivity index (χ4n) is 2.27. The first-order valence-electron chi connectivity index (χ1n) is 8.55. The van der Waals surface area contributed by atoms with Gasteiger partial charge in [-0.05, 0) is 49.7 Å². The molecule has 0 unspecified atom stereocenters. The monoisotopic (exact) mass is 420 g/mol. The van der Waals surface area contributed by atoms with Gasteiger partial charge in [0.15, 0.2) is 6.61 Å². The van der Waals surface area contributed by atoms with Crippen LogP contribution in [0.3, 0.4) is 0 Å². The molecule has 2 aromatic carbocycles. The largest absolute Gasteiger partial charge is 0.456 e. The third kappa shape index (κ3) is 7.62. The highest BCUT2D eigenvalue weighted by molar-refractivity contribution is 7.99. The Bertz CT molecular complexity index is 856. The van der Waals surface area contributed by atoms with Gasteiger partial charge in [0.25, 0.3) is 5.91 Å². The lowest BCUT2D eigenvalue weighted by molar-refractivity contribution is -0.147. The lowest BCUT2D eigenvalue weighted by Crippen LogP contribution is -2.37. The molecule has 0 fully saturated rings. The van der Waals surface area contributed by atoms with E-state index in [1.165, 1.54) is 11.8 Å². The summed E-state index contributed by atoms with van der Waals surface area (Å²) in [5.41, 5.74) is 2.56.